The first-order chi connectivity index (χ1) is 13.0. The summed E-state index contributed by atoms with van der Waals surface area (Å²) in [6, 6.07) is 6.68. The summed E-state index contributed by atoms with van der Waals surface area (Å²) < 4.78 is 15.5. The Balaban J connectivity index is 1.78. The summed E-state index contributed by atoms with van der Waals surface area (Å²) in [5.74, 6) is 0.626. The number of rotatable bonds is 5. The first-order valence-corrected chi connectivity index (χ1v) is 9.00. The summed E-state index contributed by atoms with van der Waals surface area (Å²) >= 11 is 0. The Morgan fingerprint density at radius 3 is 2.59 bits per heavy atom. The highest BCUT2D eigenvalue weighted by Crippen LogP contribution is 2.26. The topological polar surface area (TPSA) is 81.9 Å². The van der Waals surface area contributed by atoms with Crippen LogP contribution in [0, 0.1) is 6.92 Å². The van der Waals surface area contributed by atoms with Gasteiger partial charge in [-0.25, -0.2) is 9.78 Å². The Morgan fingerprint density at radius 1 is 1.19 bits per heavy atom. The van der Waals surface area contributed by atoms with Crippen molar-refractivity contribution in [2.75, 3.05) is 20.8 Å². The number of aryl methyl sites for hydroxylation is 1. The molecule has 1 aliphatic rings. The average molecular weight is 372 g/mol. The molecule has 7 nitrogen and oxygen atoms in total. The number of hydrogen-bond acceptors (Lipinski definition) is 7. The molecular weight excluding hydrogens is 348 g/mol. The Hall–Kier alpha value is -2.67. The van der Waals surface area contributed by atoms with Gasteiger partial charge in [0.15, 0.2) is 0 Å². The monoisotopic (exact) mass is 372 g/mol. The largest absolute Gasteiger partial charge is 0.468 e. The number of nitrogens with zero attached hydrogens (tertiary/aromatic N) is 2. The molecule has 144 valence electrons. The van der Waals surface area contributed by atoms with E-state index in [1.165, 1.54) is 14.2 Å². The van der Waals surface area contributed by atoms with Gasteiger partial charge < -0.3 is 13.9 Å². The summed E-state index contributed by atoms with van der Waals surface area (Å²) in [5, 5.41) is 0. The van der Waals surface area contributed by atoms with E-state index in [0.29, 0.717) is 18.0 Å². The standard InChI is InChI=1S/C20H24N2O5/c1-13-16(12-22-11-5-4-6-17(22)20(24)26-3)21-18(27-13)14-7-9-15(10-8-14)19(23)25-2/h7-10,17H,4-6,11-12H2,1-3H3/t17-/m0/s1. The van der Waals surface area contributed by atoms with Gasteiger partial charge in [0.05, 0.1) is 25.5 Å². The molecule has 27 heavy (non-hydrogen) atoms. The Morgan fingerprint density at radius 2 is 1.93 bits per heavy atom. The van der Waals surface area contributed by atoms with Crippen molar-refractivity contribution in [3.8, 4) is 11.5 Å². The number of carbonyl (C=O) groups excluding carboxylic acids is 2. The molecule has 1 aromatic heterocycles. The lowest BCUT2D eigenvalue weighted by Crippen LogP contribution is -2.44. The molecule has 2 heterocycles. The van der Waals surface area contributed by atoms with Crippen LogP contribution in [0.5, 0.6) is 0 Å². The molecule has 0 aliphatic carbocycles. The zero-order valence-corrected chi connectivity index (χ0v) is 15.9. The van der Waals surface area contributed by atoms with Crippen LogP contribution >= 0.6 is 0 Å². The molecule has 7 heteroatoms. The summed E-state index contributed by atoms with van der Waals surface area (Å²) in [4.78, 5) is 30.3. The lowest BCUT2D eigenvalue weighted by molar-refractivity contribution is -0.148. The third-order valence-corrected chi connectivity index (χ3v) is 4.89. The fraction of sp³-hybridized carbons (Fsp3) is 0.450. The highest BCUT2D eigenvalue weighted by molar-refractivity contribution is 5.89. The molecule has 1 atom stereocenters. The van der Waals surface area contributed by atoms with Crippen LogP contribution in [0.25, 0.3) is 11.5 Å². The van der Waals surface area contributed by atoms with Gasteiger partial charge in [0, 0.05) is 12.1 Å². The number of piperidine rings is 1. The third kappa shape index (κ3) is 4.19. The van der Waals surface area contributed by atoms with Gasteiger partial charge in [0.2, 0.25) is 5.89 Å². The summed E-state index contributed by atoms with van der Waals surface area (Å²) in [7, 11) is 2.77. The molecule has 3 rings (SSSR count). The minimum Gasteiger partial charge on any atom is -0.468 e. The quantitative estimate of drug-likeness (QED) is 0.746. The van der Waals surface area contributed by atoms with E-state index >= 15 is 0 Å². The highest BCUT2D eigenvalue weighted by atomic mass is 16.5. The minimum absolute atomic E-state index is 0.200. The van der Waals surface area contributed by atoms with Crippen molar-refractivity contribution < 1.29 is 23.5 Å². The van der Waals surface area contributed by atoms with Crippen LogP contribution in [0.2, 0.25) is 0 Å². The number of likely N-dealkylation sites (tertiary alicyclic amines) is 1. The minimum atomic E-state index is -0.384. The number of methoxy groups -OCH3 is 2. The van der Waals surface area contributed by atoms with E-state index in [1.54, 1.807) is 24.3 Å². The maximum atomic E-state index is 12.0. The molecule has 0 radical (unpaired) electrons. The number of esters is 2. The van der Waals surface area contributed by atoms with Crippen LogP contribution in [0.1, 0.15) is 41.1 Å². The van der Waals surface area contributed by atoms with Gasteiger partial charge in [-0.3, -0.25) is 9.69 Å². The van der Waals surface area contributed by atoms with Gasteiger partial charge in [0.25, 0.3) is 0 Å². The van der Waals surface area contributed by atoms with Crippen LogP contribution in [-0.4, -0.2) is 48.6 Å². The molecule has 0 spiro atoms. The fourth-order valence-electron chi connectivity index (χ4n) is 3.34. The second-order valence-corrected chi connectivity index (χ2v) is 6.60. The third-order valence-electron chi connectivity index (χ3n) is 4.89. The molecule has 1 saturated heterocycles. The zero-order chi connectivity index (χ0) is 19.4. The average Bonchev–Trinajstić information content (AvgIpc) is 3.07. The molecular formula is C20H24N2O5. The Bertz CT molecular complexity index is 812. The van der Waals surface area contributed by atoms with E-state index in [0.717, 1.165) is 42.8 Å². The first kappa shape index (κ1) is 19.1. The molecule has 2 aromatic rings. The van der Waals surface area contributed by atoms with Crippen molar-refractivity contribution in [3.05, 3.63) is 41.3 Å². The second kappa shape index (κ2) is 8.35. The number of carbonyl (C=O) groups is 2. The van der Waals surface area contributed by atoms with E-state index in [4.69, 9.17) is 13.9 Å². The second-order valence-electron chi connectivity index (χ2n) is 6.60. The fourth-order valence-corrected chi connectivity index (χ4v) is 3.34. The predicted molar refractivity (Wildman–Crippen MR) is 98.1 cm³/mol. The van der Waals surface area contributed by atoms with Gasteiger partial charge in [-0.15, -0.1) is 0 Å². The van der Waals surface area contributed by atoms with Gasteiger partial charge in [-0.2, -0.15) is 0 Å². The SMILES string of the molecule is COC(=O)c1ccc(-c2nc(CN3CCCC[C@H]3C(=O)OC)c(C)o2)cc1. The summed E-state index contributed by atoms with van der Waals surface area (Å²) in [6.07, 6.45) is 2.86. The zero-order valence-electron chi connectivity index (χ0n) is 15.9. The maximum absolute atomic E-state index is 12.0. The Kier molecular flexibility index (Phi) is 5.91. The van der Waals surface area contributed by atoms with Crippen LogP contribution in [0.3, 0.4) is 0 Å². The lowest BCUT2D eigenvalue weighted by Gasteiger charge is -2.33. The molecule has 0 unspecified atom stereocenters. The molecule has 0 amide bonds. The molecule has 0 N–H and O–H groups in total. The smallest absolute Gasteiger partial charge is 0.337 e. The molecule has 1 aliphatic heterocycles. The van der Waals surface area contributed by atoms with Crippen molar-refractivity contribution in [2.24, 2.45) is 0 Å². The number of hydrogen-bond donors (Lipinski definition) is 0. The van der Waals surface area contributed by atoms with Crippen LogP contribution < -0.4 is 0 Å². The lowest BCUT2D eigenvalue weighted by atomic mass is 10.0. The van der Waals surface area contributed by atoms with Gasteiger partial charge in [0.1, 0.15) is 11.8 Å². The van der Waals surface area contributed by atoms with Crippen LogP contribution in [0.4, 0.5) is 0 Å². The van der Waals surface area contributed by atoms with Crippen LogP contribution in [0.15, 0.2) is 28.7 Å². The predicted octanol–water partition coefficient (Wildman–Crippen LogP) is 2.96. The maximum Gasteiger partial charge on any atom is 0.337 e. The van der Waals surface area contributed by atoms with Gasteiger partial charge in [-0.05, 0) is 50.6 Å². The number of benzene rings is 1. The number of ether oxygens (including phenoxy) is 2. The molecule has 1 aromatic carbocycles. The van der Waals surface area contributed by atoms with E-state index in [2.05, 4.69) is 9.88 Å². The van der Waals surface area contributed by atoms with Gasteiger partial charge in [-0.1, -0.05) is 6.42 Å². The van der Waals surface area contributed by atoms with Crippen LogP contribution in [-0.2, 0) is 20.8 Å². The van der Waals surface area contributed by atoms with Crippen molar-refractivity contribution >= 4 is 11.9 Å². The molecule has 0 bridgehead atoms. The molecule has 0 saturated carbocycles. The number of oxazole rings is 1. The summed E-state index contributed by atoms with van der Waals surface area (Å²) in [6.45, 7) is 3.23. The van der Waals surface area contributed by atoms with E-state index < -0.39 is 0 Å². The van der Waals surface area contributed by atoms with Crippen molar-refractivity contribution in [2.45, 2.75) is 38.8 Å². The van der Waals surface area contributed by atoms with Crippen molar-refractivity contribution in [1.29, 1.82) is 0 Å². The van der Waals surface area contributed by atoms with Crippen molar-refractivity contribution in [1.82, 2.24) is 9.88 Å². The highest BCUT2D eigenvalue weighted by Gasteiger charge is 2.30. The van der Waals surface area contributed by atoms with Gasteiger partial charge >= 0.3 is 11.9 Å². The number of aromatic nitrogens is 1. The van der Waals surface area contributed by atoms with E-state index in [1.807, 2.05) is 6.92 Å². The van der Waals surface area contributed by atoms with E-state index in [-0.39, 0.29) is 18.0 Å². The normalized spacial score (nSPS) is 17.5. The van der Waals surface area contributed by atoms with E-state index in [9.17, 15) is 9.59 Å². The van der Waals surface area contributed by atoms with Crippen molar-refractivity contribution in [3.63, 3.8) is 0 Å². The first-order valence-electron chi connectivity index (χ1n) is 9.00. The summed E-state index contributed by atoms with van der Waals surface area (Å²) in [5.41, 5.74) is 2.05. The molecule has 1 fully saturated rings. The Labute approximate surface area is 158 Å².